The molecule has 2 atom stereocenters. The van der Waals surface area contributed by atoms with Gasteiger partial charge >= 0.3 is 0 Å². The molecule has 1 aromatic carbocycles. The van der Waals surface area contributed by atoms with Crippen LogP contribution in [-0.4, -0.2) is 58.1 Å². The van der Waals surface area contributed by atoms with E-state index in [1.165, 1.54) is 18.6 Å². The first-order valence-electron chi connectivity index (χ1n) is 7.77. The van der Waals surface area contributed by atoms with Gasteiger partial charge in [-0.2, -0.15) is 5.10 Å². The molecule has 4 aliphatic rings. The van der Waals surface area contributed by atoms with Gasteiger partial charge in [-0.05, 0) is 43.6 Å². The van der Waals surface area contributed by atoms with Crippen LogP contribution in [0, 0.1) is 5.92 Å². The lowest BCUT2D eigenvalue weighted by Gasteiger charge is -2.46. The summed E-state index contributed by atoms with van der Waals surface area (Å²) in [6.45, 7) is 2.91. The van der Waals surface area contributed by atoms with Crippen LogP contribution in [0.4, 0.5) is 0 Å². The Hall–Kier alpha value is -1.59. The van der Waals surface area contributed by atoms with Crippen LogP contribution < -0.4 is 0 Å². The highest BCUT2D eigenvalue weighted by Crippen LogP contribution is 2.43. The summed E-state index contributed by atoms with van der Waals surface area (Å²) >= 11 is 0. The number of hydrogen-bond donors (Lipinski definition) is 2. The molecule has 0 radical (unpaired) electrons. The third-order valence-electron chi connectivity index (χ3n) is 5.05. The van der Waals surface area contributed by atoms with E-state index in [2.05, 4.69) is 11.0 Å². The lowest BCUT2D eigenvalue weighted by atomic mass is 9.78. The van der Waals surface area contributed by atoms with Gasteiger partial charge in [0.25, 0.3) is 0 Å². The fraction of sp³-hybridized carbons (Fsp3) is 0.562. The Kier molecular flexibility index (Phi) is 3.12. The summed E-state index contributed by atoms with van der Waals surface area (Å²) in [4.78, 5) is 2.52. The molecule has 0 aromatic heterocycles. The van der Waals surface area contributed by atoms with E-state index >= 15 is 0 Å². The van der Waals surface area contributed by atoms with Crippen molar-refractivity contribution in [3.05, 3.63) is 29.8 Å². The molecule has 5 rings (SSSR count). The van der Waals surface area contributed by atoms with Crippen LogP contribution in [0.25, 0.3) is 0 Å². The van der Waals surface area contributed by atoms with Crippen LogP contribution in [0.2, 0.25) is 0 Å². The number of nitrogens with zero attached hydrogens (tertiary/aromatic N) is 3. The predicted octanol–water partition coefficient (Wildman–Crippen LogP) is 1.19. The maximum absolute atomic E-state index is 9.80. The lowest BCUT2D eigenvalue weighted by Crippen LogP contribution is -2.56. The number of piperidine rings is 3. The first-order valence-corrected chi connectivity index (χ1v) is 7.77. The van der Waals surface area contributed by atoms with E-state index in [0.29, 0.717) is 24.3 Å². The number of β-amino-alcohol motifs (C(OH)–C–C–N with tert-alkyl or cyclic N) is 1. The van der Waals surface area contributed by atoms with Crippen molar-refractivity contribution in [2.45, 2.75) is 24.9 Å². The molecule has 2 bridgehead atoms. The van der Waals surface area contributed by atoms with Gasteiger partial charge in [-0.25, -0.2) is 0 Å². The number of benzene rings is 1. The number of fused-ring (bicyclic) bond motifs is 2. The van der Waals surface area contributed by atoms with Crippen molar-refractivity contribution in [3.63, 3.8) is 0 Å². The Bertz CT molecular complexity index is 566. The Morgan fingerprint density at radius 3 is 2.71 bits per heavy atom. The summed E-state index contributed by atoms with van der Waals surface area (Å²) in [5.74, 6) is 0.893. The molecule has 5 nitrogen and oxygen atoms in total. The second kappa shape index (κ2) is 5.00. The number of phenolic OH excluding ortho intramolecular Hbond substituents is 1. The van der Waals surface area contributed by atoms with Crippen molar-refractivity contribution in [1.29, 1.82) is 0 Å². The Morgan fingerprint density at radius 1 is 1.19 bits per heavy atom. The van der Waals surface area contributed by atoms with E-state index in [-0.39, 0.29) is 12.6 Å². The summed E-state index contributed by atoms with van der Waals surface area (Å²) in [7, 11) is 0. The van der Waals surface area contributed by atoms with Crippen molar-refractivity contribution in [3.8, 4) is 5.75 Å². The van der Waals surface area contributed by atoms with Crippen molar-refractivity contribution in [2.24, 2.45) is 11.0 Å². The van der Waals surface area contributed by atoms with Crippen molar-refractivity contribution < 1.29 is 10.2 Å². The standard InChI is InChI=1S/C16H21N3O2/c20-9-8-19-15(12-2-1-3-13(21)10-12)16-14(17-19)11-4-6-18(16)7-5-11/h1-3,10-11,15-16,20-21H,4-9H2. The first kappa shape index (κ1) is 13.1. The maximum atomic E-state index is 9.80. The molecule has 4 aliphatic heterocycles. The second-order valence-electron chi connectivity index (χ2n) is 6.21. The van der Waals surface area contributed by atoms with Crippen molar-refractivity contribution in [1.82, 2.24) is 9.91 Å². The number of aliphatic hydroxyl groups is 1. The molecule has 0 spiro atoms. The molecular weight excluding hydrogens is 266 g/mol. The van der Waals surface area contributed by atoms with Crippen LogP contribution in [0.3, 0.4) is 0 Å². The highest BCUT2D eigenvalue weighted by Gasteiger charge is 2.49. The van der Waals surface area contributed by atoms with Gasteiger partial charge in [0.1, 0.15) is 5.75 Å². The maximum Gasteiger partial charge on any atom is 0.115 e. The second-order valence-corrected chi connectivity index (χ2v) is 6.21. The van der Waals surface area contributed by atoms with Gasteiger partial charge < -0.3 is 10.2 Å². The van der Waals surface area contributed by atoms with Gasteiger partial charge in [0.2, 0.25) is 0 Å². The normalized spacial score (nSPS) is 34.0. The van der Waals surface area contributed by atoms with Gasteiger partial charge in [-0.1, -0.05) is 12.1 Å². The van der Waals surface area contributed by atoms with E-state index < -0.39 is 0 Å². The van der Waals surface area contributed by atoms with Gasteiger partial charge in [0.15, 0.2) is 0 Å². The smallest absolute Gasteiger partial charge is 0.115 e. The average molecular weight is 287 g/mol. The van der Waals surface area contributed by atoms with Crippen molar-refractivity contribution >= 4 is 5.71 Å². The largest absolute Gasteiger partial charge is 0.508 e. The molecule has 0 amide bonds. The molecule has 21 heavy (non-hydrogen) atoms. The monoisotopic (exact) mass is 287 g/mol. The summed E-state index contributed by atoms with van der Waals surface area (Å²) in [6.07, 6.45) is 2.41. The number of aliphatic hydroxyl groups excluding tert-OH is 1. The molecule has 3 fully saturated rings. The predicted molar refractivity (Wildman–Crippen MR) is 80.2 cm³/mol. The number of rotatable bonds is 3. The number of hydrogen-bond acceptors (Lipinski definition) is 5. The molecule has 3 saturated heterocycles. The fourth-order valence-corrected chi connectivity index (χ4v) is 4.13. The van der Waals surface area contributed by atoms with E-state index in [0.717, 1.165) is 18.7 Å². The molecule has 0 saturated carbocycles. The highest BCUT2D eigenvalue weighted by atomic mass is 16.3. The van der Waals surface area contributed by atoms with Gasteiger partial charge in [0.05, 0.1) is 30.9 Å². The van der Waals surface area contributed by atoms with Crippen LogP contribution >= 0.6 is 0 Å². The fourth-order valence-electron chi connectivity index (χ4n) is 4.13. The zero-order chi connectivity index (χ0) is 14.4. The van der Waals surface area contributed by atoms with Gasteiger partial charge in [0, 0.05) is 5.92 Å². The Labute approximate surface area is 124 Å². The minimum Gasteiger partial charge on any atom is -0.508 e. The number of hydrazone groups is 1. The molecular formula is C16H21N3O2. The zero-order valence-corrected chi connectivity index (χ0v) is 12.0. The van der Waals surface area contributed by atoms with Crippen LogP contribution in [0.15, 0.2) is 29.4 Å². The third-order valence-corrected chi connectivity index (χ3v) is 5.05. The van der Waals surface area contributed by atoms with Crippen LogP contribution in [-0.2, 0) is 0 Å². The minimum atomic E-state index is 0.101. The van der Waals surface area contributed by atoms with E-state index in [1.807, 2.05) is 17.1 Å². The van der Waals surface area contributed by atoms with E-state index in [1.54, 1.807) is 6.07 Å². The zero-order valence-electron chi connectivity index (χ0n) is 12.0. The minimum absolute atomic E-state index is 0.101. The molecule has 0 aliphatic carbocycles. The molecule has 2 unspecified atom stereocenters. The third kappa shape index (κ3) is 2.03. The Morgan fingerprint density at radius 2 is 2.00 bits per heavy atom. The Balaban J connectivity index is 1.74. The quantitative estimate of drug-likeness (QED) is 0.877. The van der Waals surface area contributed by atoms with Gasteiger partial charge in [-0.3, -0.25) is 9.91 Å². The van der Waals surface area contributed by atoms with E-state index in [4.69, 9.17) is 5.10 Å². The SMILES string of the molecule is OCCN1N=C2C3CCN(CC3)C2C1c1cccc(O)c1. The number of phenols is 1. The molecule has 2 N–H and O–H groups in total. The lowest BCUT2D eigenvalue weighted by molar-refractivity contribution is 0.0873. The molecule has 112 valence electrons. The molecule has 1 aromatic rings. The molecule has 5 heteroatoms. The summed E-state index contributed by atoms with van der Waals surface area (Å²) < 4.78 is 0. The topological polar surface area (TPSA) is 59.3 Å². The molecule has 4 heterocycles. The van der Waals surface area contributed by atoms with Crippen LogP contribution in [0.1, 0.15) is 24.4 Å². The highest BCUT2D eigenvalue weighted by molar-refractivity contribution is 5.95. The average Bonchev–Trinajstić information content (AvgIpc) is 2.90. The summed E-state index contributed by atoms with van der Waals surface area (Å²) in [6, 6.07) is 7.89. The number of aromatic hydroxyl groups is 1. The van der Waals surface area contributed by atoms with Crippen molar-refractivity contribution in [2.75, 3.05) is 26.2 Å². The van der Waals surface area contributed by atoms with Gasteiger partial charge in [-0.15, -0.1) is 0 Å². The first-order chi connectivity index (χ1) is 10.3. The summed E-state index contributed by atoms with van der Waals surface area (Å²) in [5.41, 5.74) is 2.37. The summed E-state index contributed by atoms with van der Waals surface area (Å²) in [5, 5.41) is 26.0. The van der Waals surface area contributed by atoms with Crippen LogP contribution in [0.5, 0.6) is 5.75 Å². The van der Waals surface area contributed by atoms with E-state index in [9.17, 15) is 10.2 Å².